The molecule has 0 atom stereocenters. The number of H-pyrrole nitrogens is 1. The Kier molecular flexibility index (Phi) is 3.14. The summed E-state index contributed by atoms with van der Waals surface area (Å²) in [6.07, 6.45) is 1.63. The van der Waals surface area contributed by atoms with Gasteiger partial charge in [-0.25, -0.2) is 4.98 Å². The fraction of sp³-hybridized carbons (Fsp3) is 0.444. The summed E-state index contributed by atoms with van der Waals surface area (Å²) in [5.74, 6) is 2.12. The lowest BCUT2D eigenvalue weighted by Gasteiger charge is -2.02. The van der Waals surface area contributed by atoms with Crippen molar-refractivity contribution >= 4 is 28.9 Å². The van der Waals surface area contributed by atoms with Gasteiger partial charge in [-0.05, 0) is 5.75 Å². The summed E-state index contributed by atoms with van der Waals surface area (Å²) >= 11 is 1.82. The molecular weight excluding hydrogens is 226 g/mol. The monoisotopic (exact) mass is 239 g/mol. The number of aromatic nitrogens is 4. The first-order chi connectivity index (χ1) is 7.72. The van der Waals surface area contributed by atoms with E-state index in [1.807, 2.05) is 16.3 Å². The molecule has 3 N–H and O–H groups in total. The molecule has 2 aromatic rings. The third kappa shape index (κ3) is 2.04. The van der Waals surface area contributed by atoms with E-state index in [9.17, 15) is 4.79 Å². The van der Waals surface area contributed by atoms with Gasteiger partial charge in [-0.1, -0.05) is 6.92 Å². The molecule has 6 nitrogen and oxygen atoms in total. The number of nitrogens with zero attached hydrogens (tertiary/aromatic N) is 3. The van der Waals surface area contributed by atoms with E-state index in [0.29, 0.717) is 11.2 Å². The molecule has 2 rings (SSSR count). The molecule has 0 saturated heterocycles. The third-order valence-corrected chi connectivity index (χ3v) is 3.06. The first-order valence-electron chi connectivity index (χ1n) is 5.00. The topological polar surface area (TPSA) is 89.6 Å². The van der Waals surface area contributed by atoms with Gasteiger partial charge < -0.3 is 10.3 Å². The maximum atomic E-state index is 11.7. The van der Waals surface area contributed by atoms with Crippen molar-refractivity contribution in [3.8, 4) is 0 Å². The quantitative estimate of drug-likeness (QED) is 0.756. The summed E-state index contributed by atoms with van der Waals surface area (Å²) in [7, 11) is 0. The van der Waals surface area contributed by atoms with Crippen LogP contribution in [-0.4, -0.2) is 31.0 Å². The first kappa shape index (κ1) is 11.0. The molecule has 2 heterocycles. The van der Waals surface area contributed by atoms with Crippen LogP contribution in [0.4, 0.5) is 5.95 Å². The van der Waals surface area contributed by atoms with Gasteiger partial charge in [0, 0.05) is 12.3 Å². The van der Waals surface area contributed by atoms with Gasteiger partial charge >= 0.3 is 0 Å². The van der Waals surface area contributed by atoms with Crippen molar-refractivity contribution in [1.29, 1.82) is 0 Å². The summed E-state index contributed by atoms with van der Waals surface area (Å²) in [4.78, 5) is 22.2. The molecule has 0 spiro atoms. The molecule has 86 valence electrons. The highest BCUT2D eigenvalue weighted by Crippen LogP contribution is 2.07. The average molecular weight is 239 g/mol. The van der Waals surface area contributed by atoms with E-state index in [-0.39, 0.29) is 11.5 Å². The second kappa shape index (κ2) is 4.56. The van der Waals surface area contributed by atoms with Crippen LogP contribution in [0.5, 0.6) is 0 Å². The van der Waals surface area contributed by atoms with Gasteiger partial charge in [0.15, 0.2) is 11.2 Å². The zero-order valence-electron chi connectivity index (χ0n) is 8.93. The second-order valence-electron chi connectivity index (χ2n) is 3.26. The number of hydrogen-bond acceptors (Lipinski definition) is 5. The maximum Gasteiger partial charge on any atom is 0.278 e. The number of nitrogens with two attached hydrogens (primary N) is 1. The van der Waals surface area contributed by atoms with E-state index in [0.717, 1.165) is 18.1 Å². The van der Waals surface area contributed by atoms with Gasteiger partial charge in [0.05, 0.1) is 6.33 Å². The Labute approximate surface area is 96.3 Å². The van der Waals surface area contributed by atoms with Gasteiger partial charge in [-0.3, -0.25) is 9.78 Å². The Morgan fingerprint density at radius 3 is 3.19 bits per heavy atom. The molecule has 16 heavy (non-hydrogen) atoms. The van der Waals surface area contributed by atoms with E-state index in [1.54, 1.807) is 6.33 Å². The van der Waals surface area contributed by atoms with Gasteiger partial charge in [0.25, 0.3) is 5.56 Å². The normalized spacial score (nSPS) is 11.1. The summed E-state index contributed by atoms with van der Waals surface area (Å²) in [5.41, 5.74) is 6.10. The minimum Gasteiger partial charge on any atom is -0.369 e. The molecule has 7 heteroatoms. The van der Waals surface area contributed by atoms with Crippen LogP contribution in [0.25, 0.3) is 11.2 Å². The van der Waals surface area contributed by atoms with Crippen molar-refractivity contribution in [3.05, 3.63) is 16.7 Å². The molecule has 2 aromatic heterocycles. The Morgan fingerprint density at radius 1 is 1.62 bits per heavy atom. The fourth-order valence-corrected chi connectivity index (χ4v) is 2.09. The number of anilines is 1. The van der Waals surface area contributed by atoms with Crippen LogP contribution in [0.15, 0.2) is 11.1 Å². The van der Waals surface area contributed by atoms with Gasteiger partial charge in [-0.15, -0.1) is 0 Å². The number of nitrogen functional groups attached to an aromatic ring is 1. The Hall–Kier alpha value is -1.50. The van der Waals surface area contributed by atoms with Gasteiger partial charge in [0.2, 0.25) is 5.95 Å². The standard InChI is InChI=1S/C9H13N5OS/c1-2-16-4-3-14-5-11-7-6(14)8(15)13-9(10)12-7/h5H,2-4H2,1H3,(H3,10,12,13,15). The van der Waals surface area contributed by atoms with Crippen LogP contribution in [0, 0.1) is 0 Å². The summed E-state index contributed by atoms with van der Waals surface area (Å²) in [6, 6.07) is 0. The lowest BCUT2D eigenvalue weighted by Crippen LogP contribution is -2.14. The van der Waals surface area contributed by atoms with Crippen LogP contribution >= 0.6 is 11.8 Å². The number of aryl methyl sites for hydroxylation is 1. The highest BCUT2D eigenvalue weighted by Gasteiger charge is 2.08. The molecule has 0 unspecified atom stereocenters. The Bertz CT molecular complexity index is 546. The summed E-state index contributed by atoms with van der Waals surface area (Å²) < 4.78 is 1.81. The molecule has 0 aliphatic carbocycles. The molecule has 0 aromatic carbocycles. The molecule has 0 bridgehead atoms. The van der Waals surface area contributed by atoms with Crippen molar-refractivity contribution in [2.24, 2.45) is 0 Å². The number of imidazole rings is 1. The van der Waals surface area contributed by atoms with E-state index in [2.05, 4.69) is 21.9 Å². The van der Waals surface area contributed by atoms with E-state index < -0.39 is 0 Å². The lowest BCUT2D eigenvalue weighted by molar-refractivity contribution is 0.792. The molecule has 0 aliphatic heterocycles. The highest BCUT2D eigenvalue weighted by atomic mass is 32.2. The lowest BCUT2D eigenvalue weighted by atomic mass is 10.5. The van der Waals surface area contributed by atoms with Crippen molar-refractivity contribution in [2.75, 3.05) is 17.2 Å². The number of thioether (sulfide) groups is 1. The van der Waals surface area contributed by atoms with E-state index in [4.69, 9.17) is 5.73 Å². The third-order valence-electron chi connectivity index (χ3n) is 2.18. The van der Waals surface area contributed by atoms with Gasteiger partial charge in [0.1, 0.15) is 0 Å². The predicted molar refractivity (Wildman–Crippen MR) is 65.6 cm³/mol. The molecule has 0 fully saturated rings. The Morgan fingerprint density at radius 2 is 2.44 bits per heavy atom. The SMILES string of the molecule is CCSCCn1cnc2nc(N)[nH]c(=O)c21. The molecular formula is C9H13N5OS. The zero-order valence-corrected chi connectivity index (χ0v) is 9.75. The minimum atomic E-state index is -0.235. The predicted octanol–water partition coefficient (Wildman–Crippen LogP) is 0.455. The van der Waals surface area contributed by atoms with Crippen molar-refractivity contribution in [1.82, 2.24) is 19.5 Å². The highest BCUT2D eigenvalue weighted by molar-refractivity contribution is 7.99. The van der Waals surface area contributed by atoms with Crippen molar-refractivity contribution < 1.29 is 0 Å². The molecule has 0 radical (unpaired) electrons. The largest absolute Gasteiger partial charge is 0.369 e. The maximum absolute atomic E-state index is 11.7. The summed E-state index contributed by atoms with van der Waals surface area (Å²) in [5, 5.41) is 0. The summed E-state index contributed by atoms with van der Waals surface area (Å²) in [6.45, 7) is 2.86. The minimum absolute atomic E-state index is 0.102. The van der Waals surface area contributed by atoms with Crippen LogP contribution in [0.1, 0.15) is 6.92 Å². The van der Waals surface area contributed by atoms with E-state index >= 15 is 0 Å². The van der Waals surface area contributed by atoms with Crippen molar-refractivity contribution in [2.45, 2.75) is 13.5 Å². The fourth-order valence-electron chi connectivity index (χ4n) is 1.48. The number of nitrogens with one attached hydrogen (secondary N) is 1. The van der Waals surface area contributed by atoms with Crippen molar-refractivity contribution in [3.63, 3.8) is 0 Å². The molecule has 0 amide bonds. The zero-order chi connectivity index (χ0) is 11.5. The van der Waals surface area contributed by atoms with Gasteiger partial charge in [-0.2, -0.15) is 16.7 Å². The van der Waals surface area contributed by atoms with Crippen LogP contribution < -0.4 is 11.3 Å². The van der Waals surface area contributed by atoms with Crippen LogP contribution in [-0.2, 0) is 6.54 Å². The number of rotatable bonds is 4. The second-order valence-corrected chi connectivity index (χ2v) is 4.65. The first-order valence-corrected chi connectivity index (χ1v) is 6.16. The molecule has 0 aliphatic rings. The Balaban J connectivity index is 2.37. The number of aromatic amines is 1. The number of fused-ring (bicyclic) bond motifs is 1. The number of hydrogen-bond donors (Lipinski definition) is 2. The van der Waals surface area contributed by atoms with E-state index in [1.165, 1.54) is 0 Å². The average Bonchev–Trinajstić information content (AvgIpc) is 2.62. The molecule has 0 saturated carbocycles. The van der Waals surface area contributed by atoms with Crippen LogP contribution in [0.3, 0.4) is 0 Å². The smallest absolute Gasteiger partial charge is 0.278 e. The van der Waals surface area contributed by atoms with Crippen LogP contribution in [0.2, 0.25) is 0 Å².